The summed E-state index contributed by atoms with van der Waals surface area (Å²) in [5.74, 6) is -0.0228. The van der Waals surface area contributed by atoms with Gasteiger partial charge in [0.1, 0.15) is 11.6 Å². The van der Waals surface area contributed by atoms with Crippen molar-refractivity contribution in [3.63, 3.8) is 0 Å². The molecule has 3 nitrogen and oxygen atoms in total. The Hall–Kier alpha value is -2.08. The second kappa shape index (κ2) is 16.1. The molecule has 0 saturated carbocycles. The number of nitrogens with one attached hydrogen (secondary N) is 1. The fourth-order valence-electron chi connectivity index (χ4n) is 3.15. The van der Waals surface area contributed by atoms with Gasteiger partial charge in [-0.2, -0.15) is 5.26 Å². The number of rotatable bonds is 15. The maximum absolute atomic E-state index is 12.5. The van der Waals surface area contributed by atoms with Crippen molar-refractivity contribution < 1.29 is 4.79 Å². The maximum atomic E-state index is 12.5. The van der Waals surface area contributed by atoms with E-state index >= 15 is 0 Å². The van der Waals surface area contributed by atoms with Gasteiger partial charge in [0.2, 0.25) is 0 Å². The molecule has 0 heterocycles. The molecular weight excluding hydrogens is 332 g/mol. The van der Waals surface area contributed by atoms with Crippen LogP contribution in [0.15, 0.2) is 48.6 Å². The molecule has 0 aromatic rings. The first-order chi connectivity index (χ1) is 13.0. The Morgan fingerprint density at radius 3 is 2.30 bits per heavy atom. The molecule has 0 aliphatic carbocycles. The molecule has 0 aliphatic rings. The van der Waals surface area contributed by atoms with E-state index in [2.05, 4.69) is 38.4 Å². The van der Waals surface area contributed by atoms with Crippen LogP contribution < -0.4 is 5.32 Å². The molecule has 0 bridgehead atoms. The molecule has 0 aromatic heterocycles. The van der Waals surface area contributed by atoms with E-state index in [1.807, 2.05) is 19.1 Å². The van der Waals surface area contributed by atoms with Gasteiger partial charge in [-0.3, -0.25) is 4.79 Å². The minimum Gasteiger partial charge on any atom is -0.345 e. The molecule has 0 rings (SSSR count). The number of hydrogen-bond acceptors (Lipinski definition) is 2. The summed E-state index contributed by atoms with van der Waals surface area (Å²) in [4.78, 5) is 12.5. The highest BCUT2D eigenvalue weighted by molar-refractivity contribution is 5.97. The summed E-state index contributed by atoms with van der Waals surface area (Å²) in [5.41, 5.74) is 1.08. The monoisotopic (exact) mass is 370 g/mol. The van der Waals surface area contributed by atoms with Gasteiger partial charge >= 0.3 is 0 Å². The van der Waals surface area contributed by atoms with Crippen molar-refractivity contribution >= 4 is 5.91 Å². The van der Waals surface area contributed by atoms with Crippen molar-refractivity contribution in [2.75, 3.05) is 0 Å². The van der Waals surface area contributed by atoms with Crippen LogP contribution in [0.1, 0.15) is 78.6 Å². The van der Waals surface area contributed by atoms with Gasteiger partial charge in [0.05, 0.1) is 6.04 Å². The summed E-state index contributed by atoms with van der Waals surface area (Å²) in [6.45, 7) is 13.7. The van der Waals surface area contributed by atoms with Crippen molar-refractivity contribution in [3.8, 4) is 6.07 Å². The van der Waals surface area contributed by atoms with E-state index in [1.165, 1.54) is 32.1 Å². The Bertz CT molecular complexity index is 551. The highest BCUT2D eigenvalue weighted by atomic mass is 16.1. The van der Waals surface area contributed by atoms with Crippen molar-refractivity contribution in [2.24, 2.45) is 5.92 Å². The first-order valence-electron chi connectivity index (χ1n) is 10.4. The molecule has 0 radical (unpaired) electrons. The molecule has 3 heteroatoms. The van der Waals surface area contributed by atoms with Crippen LogP contribution in [0, 0.1) is 17.2 Å². The third kappa shape index (κ3) is 11.3. The summed E-state index contributed by atoms with van der Waals surface area (Å²) in [6, 6.07) is 1.87. The Kier molecular flexibility index (Phi) is 14.9. The summed E-state index contributed by atoms with van der Waals surface area (Å²) in [5, 5.41) is 12.4. The van der Waals surface area contributed by atoms with E-state index in [9.17, 15) is 10.1 Å². The van der Waals surface area contributed by atoms with Crippen molar-refractivity contribution in [1.82, 2.24) is 5.32 Å². The normalized spacial score (nSPS) is 14.1. The topological polar surface area (TPSA) is 52.9 Å². The van der Waals surface area contributed by atoms with Gasteiger partial charge in [0.15, 0.2) is 0 Å². The van der Waals surface area contributed by atoms with Gasteiger partial charge in [-0.15, -0.1) is 0 Å². The van der Waals surface area contributed by atoms with Gasteiger partial charge in [0.25, 0.3) is 5.91 Å². The third-order valence-corrected chi connectivity index (χ3v) is 4.75. The van der Waals surface area contributed by atoms with Gasteiger partial charge in [0, 0.05) is 0 Å². The second-order valence-electron chi connectivity index (χ2n) is 7.10. The molecule has 0 spiro atoms. The Labute approximate surface area is 166 Å². The van der Waals surface area contributed by atoms with Crippen molar-refractivity contribution in [1.29, 1.82) is 5.26 Å². The number of nitriles is 1. The molecule has 0 saturated heterocycles. The standard InChI is InChI=1S/C24H38N2O/c1-6-10-11-12-13-14-17-21(15-7-2)18-23(19-25)24(27)26-20(5)22(9-4)16-8-3/h8-9,16,18,20-21H,3-4,6-7,10-15,17H2,1-2,5H3,(H,26,27)/b22-16+,23-18+. The number of carbonyl (C=O) groups is 1. The Morgan fingerprint density at radius 1 is 1.07 bits per heavy atom. The molecule has 150 valence electrons. The Balaban J connectivity index is 4.84. The fraction of sp³-hybridized carbons (Fsp3) is 0.583. The van der Waals surface area contributed by atoms with Gasteiger partial charge in [-0.1, -0.05) is 96.3 Å². The smallest absolute Gasteiger partial charge is 0.262 e. The zero-order valence-electron chi connectivity index (χ0n) is 17.6. The Morgan fingerprint density at radius 2 is 1.74 bits per heavy atom. The van der Waals surface area contributed by atoms with Crippen LogP contribution in [0.2, 0.25) is 0 Å². The molecule has 2 unspecified atom stereocenters. The maximum Gasteiger partial charge on any atom is 0.262 e. The molecule has 27 heavy (non-hydrogen) atoms. The quantitative estimate of drug-likeness (QED) is 0.157. The first kappa shape index (κ1) is 24.9. The zero-order valence-corrected chi connectivity index (χ0v) is 17.6. The number of amides is 1. The van der Waals surface area contributed by atoms with Crippen LogP contribution in [0.3, 0.4) is 0 Å². The molecule has 0 aliphatic heterocycles. The summed E-state index contributed by atoms with van der Waals surface area (Å²) in [7, 11) is 0. The van der Waals surface area contributed by atoms with E-state index in [0.29, 0.717) is 5.92 Å². The lowest BCUT2D eigenvalue weighted by Gasteiger charge is -2.16. The SMILES string of the molecule is C=C/C=C(\C=C)C(C)NC(=O)/C(C#N)=C/C(CCC)CCCCCCCC. The largest absolute Gasteiger partial charge is 0.345 e. The van der Waals surface area contributed by atoms with E-state index in [1.54, 1.807) is 12.2 Å². The van der Waals surface area contributed by atoms with Crippen molar-refractivity contribution in [2.45, 2.75) is 84.6 Å². The molecule has 1 N–H and O–H groups in total. The minimum absolute atomic E-state index is 0.215. The van der Waals surface area contributed by atoms with E-state index in [-0.39, 0.29) is 17.5 Å². The summed E-state index contributed by atoms with van der Waals surface area (Å²) < 4.78 is 0. The first-order valence-corrected chi connectivity index (χ1v) is 10.4. The van der Waals surface area contributed by atoms with Crippen LogP contribution in [0.25, 0.3) is 0 Å². The number of carbonyl (C=O) groups excluding carboxylic acids is 1. The third-order valence-electron chi connectivity index (χ3n) is 4.75. The minimum atomic E-state index is -0.314. The number of nitrogens with zero attached hydrogens (tertiary/aromatic N) is 1. The van der Waals surface area contributed by atoms with Crippen LogP contribution in [0.5, 0.6) is 0 Å². The number of allylic oxidation sites excluding steroid dienone is 3. The molecule has 0 aromatic carbocycles. The molecule has 0 fully saturated rings. The lowest BCUT2D eigenvalue weighted by atomic mass is 9.93. The van der Waals surface area contributed by atoms with Crippen LogP contribution >= 0.6 is 0 Å². The van der Waals surface area contributed by atoms with Gasteiger partial charge < -0.3 is 5.32 Å². The van der Waals surface area contributed by atoms with Crippen molar-refractivity contribution in [3.05, 3.63) is 48.6 Å². The van der Waals surface area contributed by atoms with E-state index in [4.69, 9.17) is 0 Å². The number of unbranched alkanes of at least 4 members (excludes halogenated alkanes) is 5. The average molecular weight is 371 g/mol. The predicted molar refractivity (Wildman–Crippen MR) is 116 cm³/mol. The molecule has 2 atom stereocenters. The van der Waals surface area contributed by atoms with Crippen LogP contribution in [-0.4, -0.2) is 11.9 Å². The van der Waals surface area contributed by atoms with Gasteiger partial charge in [-0.05, 0) is 31.3 Å². The van der Waals surface area contributed by atoms with E-state index < -0.39 is 0 Å². The highest BCUT2D eigenvalue weighted by Crippen LogP contribution is 2.20. The van der Waals surface area contributed by atoms with Crippen LogP contribution in [0.4, 0.5) is 0 Å². The number of hydrogen-bond donors (Lipinski definition) is 1. The average Bonchev–Trinajstić information content (AvgIpc) is 2.66. The van der Waals surface area contributed by atoms with E-state index in [0.717, 1.165) is 31.3 Å². The molecule has 1 amide bonds. The lowest BCUT2D eigenvalue weighted by molar-refractivity contribution is -0.117. The second-order valence-corrected chi connectivity index (χ2v) is 7.10. The lowest BCUT2D eigenvalue weighted by Crippen LogP contribution is -2.34. The van der Waals surface area contributed by atoms with Crippen LogP contribution in [-0.2, 0) is 4.79 Å². The fourth-order valence-corrected chi connectivity index (χ4v) is 3.15. The zero-order chi connectivity index (χ0) is 20.5. The summed E-state index contributed by atoms with van der Waals surface area (Å²) in [6.07, 6.45) is 17.7. The summed E-state index contributed by atoms with van der Waals surface area (Å²) >= 11 is 0. The highest BCUT2D eigenvalue weighted by Gasteiger charge is 2.16. The predicted octanol–water partition coefficient (Wildman–Crippen LogP) is 6.41. The molecular formula is C24H38N2O. The van der Waals surface area contributed by atoms with Gasteiger partial charge in [-0.25, -0.2) is 0 Å².